The van der Waals surface area contributed by atoms with Gasteiger partial charge in [-0.25, -0.2) is 9.18 Å². The Hall–Kier alpha value is -2.17. The lowest BCUT2D eigenvalue weighted by Gasteiger charge is -2.01. The van der Waals surface area contributed by atoms with Crippen molar-refractivity contribution < 1.29 is 18.7 Å². The molecule has 1 N–H and O–H groups in total. The third-order valence-electron chi connectivity index (χ3n) is 2.19. The van der Waals surface area contributed by atoms with E-state index in [1.165, 1.54) is 32.2 Å². The standard InChI is InChI=1S/C13H14FNO3/c1-9(16)15-7-3-4-10-5-6-11(8-12(10)14)13(17)18-2/h3-6,8H,7H2,1-2H3,(H,15,16). The first-order valence-electron chi connectivity index (χ1n) is 5.33. The maximum atomic E-state index is 13.6. The van der Waals surface area contributed by atoms with Gasteiger partial charge in [0.25, 0.3) is 0 Å². The second-order valence-corrected chi connectivity index (χ2v) is 3.57. The molecule has 4 nitrogen and oxygen atoms in total. The van der Waals surface area contributed by atoms with Crippen LogP contribution in [-0.4, -0.2) is 25.5 Å². The number of carbonyl (C=O) groups is 2. The third kappa shape index (κ3) is 4.01. The number of hydrogen-bond donors (Lipinski definition) is 1. The van der Waals surface area contributed by atoms with E-state index in [1.807, 2.05) is 0 Å². The molecule has 0 heterocycles. The molecule has 0 spiro atoms. The van der Waals surface area contributed by atoms with Gasteiger partial charge in [-0.3, -0.25) is 4.79 Å². The number of rotatable bonds is 4. The average molecular weight is 251 g/mol. The molecule has 0 fully saturated rings. The van der Waals surface area contributed by atoms with Crippen LogP contribution in [0.3, 0.4) is 0 Å². The van der Waals surface area contributed by atoms with Gasteiger partial charge in [0.15, 0.2) is 0 Å². The first-order valence-corrected chi connectivity index (χ1v) is 5.33. The SMILES string of the molecule is COC(=O)c1ccc(C=CCNC(C)=O)c(F)c1. The lowest BCUT2D eigenvalue weighted by Crippen LogP contribution is -2.19. The molecule has 0 saturated heterocycles. The molecule has 5 heteroatoms. The quantitative estimate of drug-likeness (QED) is 0.830. The Morgan fingerprint density at radius 1 is 1.44 bits per heavy atom. The van der Waals surface area contributed by atoms with E-state index in [0.29, 0.717) is 12.1 Å². The van der Waals surface area contributed by atoms with E-state index in [9.17, 15) is 14.0 Å². The van der Waals surface area contributed by atoms with Gasteiger partial charge in [0.1, 0.15) is 5.82 Å². The zero-order valence-electron chi connectivity index (χ0n) is 10.2. The van der Waals surface area contributed by atoms with Crippen molar-refractivity contribution in [1.29, 1.82) is 0 Å². The summed E-state index contributed by atoms with van der Waals surface area (Å²) in [6.07, 6.45) is 3.16. The highest BCUT2D eigenvalue weighted by molar-refractivity contribution is 5.89. The van der Waals surface area contributed by atoms with E-state index in [2.05, 4.69) is 10.1 Å². The van der Waals surface area contributed by atoms with Crippen LogP contribution in [-0.2, 0) is 9.53 Å². The highest BCUT2D eigenvalue weighted by atomic mass is 19.1. The van der Waals surface area contributed by atoms with Crippen LogP contribution in [0.5, 0.6) is 0 Å². The fraction of sp³-hybridized carbons (Fsp3) is 0.231. The number of benzene rings is 1. The van der Waals surface area contributed by atoms with Gasteiger partial charge in [-0.1, -0.05) is 18.2 Å². The highest BCUT2D eigenvalue weighted by Crippen LogP contribution is 2.12. The van der Waals surface area contributed by atoms with Gasteiger partial charge < -0.3 is 10.1 Å². The van der Waals surface area contributed by atoms with Crippen LogP contribution in [0.15, 0.2) is 24.3 Å². The maximum absolute atomic E-state index is 13.6. The number of carbonyl (C=O) groups excluding carboxylic acids is 2. The van der Waals surface area contributed by atoms with Gasteiger partial charge >= 0.3 is 5.97 Å². The van der Waals surface area contributed by atoms with Gasteiger partial charge in [0, 0.05) is 19.0 Å². The summed E-state index contributed by atoms with van der Waals surface area (Å²) in [5, 5.41) is 2.55. The first-order chi connectivity index (χ1) is 8.54. The number of methoxy groups -OCH3 is 1. The number of ether oxygens (including phenoxy) is 1. The van der Waals surface area contributed by atoms with Gasteiger partial charge in [0.05, 0.1) is 12.7 Å². The van der Waals surface area contributed by atoms with Crippen molar-refractivity contribution in [1.82, 2.24) is 5.32 Å². The van der Waals surface area contributed by atoms with E-state index in [1.54, 1.807) is 6.08 Å². The Morgan fingerprint density at radius 2 is 2.17 bits per heavy atom. The third-order valence-corrected chi connectivity index (χ3v) is 2.19. The Morgan fingerprint density at radius 3 is 2.72 bits per heavy atom. The summed E-state index contributed by atoms with van der Waals surface area (Å²) in [6, 6.07) is 4.07. The Labute approximate surface area is 104 Å². The number of amides is 1. The van der Waals surface area contributed by atoms with Crippen molar-refractivity contribution in [3.05, 3.63) is 41.2 Å². The van der Waals surface area contributed by atoms with Crippen molar-refractivity contribution >= 4 is 18.0 Å². The van der Waals surface area contributed by atoms with Crippen LogP contribution in [0.1, 0.15) is 22.8 Å². The monoisotopic (exact) mass is 251 g/mol. The van der Waals surface area contributed by atoms with Crippen LogP contribution in [0, 0.1) is 5.82 Å². The fourth-order valence-electron chi connectivity index (χ4n) is 1.30. The molecule has 0 aliphatic heterocycles. The van der Waals surface area contributed by atoms with Crippen LogP contribution in [0.2, 0.25) is 0 Å². The Bertz CT molecular complexity index is 483. The first kappa shape index (κ1) is 13.9. The number of nitrogens with one attached hydrogen (secondary N) is 1. The molecule has 18 heavy (non-hydrogen) atoms. The lowest BCUT2D eigenvalue weighted by molar-refractivity contribution is -0.118. The van der Waals surface area contributed by atoms with Crippen molar-refractivity contribution in [2.75, 3.05) is 13.7 Å². The van der Waals surface area contributed by atoms with E-state index in [4.69, 9.17) is 0 Å². The van der Waals surface area contributed by atoms with Crippen molar-refractivity contribution in [3.8, 4) is 0 Å². The summed E-state index contributed by atoms with van der Waals surface area (Å²) in [6.45, 7) is 1.73. The molecular formula is C13H14FNO3. The van der Waals surface area contributed by atoms with Crippen molar-refractivity contribution in [3.63, 3.8) is 0 Å². The number of halogens is 1. The number of esters is 1. The van der Waals surface area contributed by atoms with Crippen LogP contribution in [0.4, 0.5) is 4.39 Å². The van der Waals surface area contributed by atoms with Gasteiger partial charge in [-0.05, 0) is 12.1 Å². The zero-order valence-corrected chi connectivity index (χ0v) is 10.2. The molecule has 1 aromatic carbocycles. The van der Waals surface area contributed by atoms with E-state index in [-0.39, 0.29) is 11.5 Å². The maximum Gasteiger partial charge on any atom is 0.337 e. The van der Waals surface area contributed by atoms with Crippen LogP contribution in [0.25, 0.3) is 6.08 Å². The predicted molar refractivity (Wildman–Crippen MR) is 65.5 cm³/mol. The molecule has 0 radical (unpaired) electrons. The second-order valence-electron chi connectivity index (χ2n) is 3.57. The molecule has 0 saturated carbocycles. The second kappa shape index (κ2) is 6.54. The van der Waals surface area contributed by atoms with Gasteiger partial charge in [-0.15, -0.1) is 0 Å². The summed E-state index contributed by atoms with van der Waals surface area (Å²) >= 11 is 0. The fourth-order valence-corrected chi connectivity index (χ4v) is 1.30. The summed E-state index contributed by atoms with van der Waals surface area (Å²) < 4.78 is 18.1. The predicted octanol–water partition coefficient (Wildman–Crippen LogP) is 1.76. The average Bonchev–Trinajstić information content (AvgIpc) is 2.34. The number of hydrogen-bond acceptors (Lipinski definition) is 3. The van der Waals surface area contributed by atoms with Crippen LogP contribution < -0.4 is 5.32 Å². The molecule has 96 valence electrons. The topological polar surface area (TPSA) is 55.4 Å². The Kier molecular flexibility index (Phi) is 5.05. The summed E-state index contributed by atoms with van der Waals surface area (Å²) in [4.78, 5) is 21.8. The molecule has 0 atom stereocenters. The normalized spacial score (nSPS) is 10.4. The molecule has 0 unspecified atom stereocenters. The minimum atomic E-state index is -0.581. The molecule has 0 aliphatic carbocycles. The highest BCUT2D eigenvalue weighted by Gasteiger charge is 2.07. The van der Waals surface area contributed by atoms with Gasteiger partial charge in [0.2, 0.25) is 5.91 Å². The summed E-state index contributed by atoms with van der Waals surface area (Å²) in [5.74, 6) is -1.25. The molecule has 0 bridgehead atoms. The Balaban J connectivity index is 2.73. The van der Waals surface area contributed by atoms with Gasteiger partial charge in [-0.2, -0.15) is 0 Å². The molecule has 0 aliphatic rings. The van der Waals surface area contributed by atoms with Crippen molar-refractivity contribution in [2.45, 2.75) is 6.92 Å². The summed E-state index contributed by atoms with van der Waals surface area (Å²) in [7, 11) is 1.24. The van der Waals surface area contributed by atoms with E-state index >= 15 is 0 Å². The molecule has 0 aromatic heterocycles. The van der Waals surface area contributed by atoms with Crippen molar-refractivity contribution in [2.24, 2.45) is 0 Å². The minimum Gasteiger partial charge on any atom is -0.465 e. The largest absolute Gasteiger partial charge is 0.465 e. The zero-order chi connectivity index (χ0) is 13.5. The smallest absolute Gasteiger partial charge is 0.337 e. The molecule has 1 aromatic rings. The van der Waals surface area contributed by atoms with E-state index < -0.39 is 11.8 Å². The van der Waals surface area contributed by atoms with E-state index in [0.717, 1.165) is 6.07 Å². The molecular weight excluding hydrogens is 237 g/mol. The van der Waals surface area contributed by atoms with Crippen LogP contribution >= 0.6 is 0 Å². The lowest BCUT2D eigenvalue weighted by atomic mass is 10.1. The molecule has 1 amide bonds. The minimum absolute atomic E-state index is 0.152. The summed E-state index contributed by atoms with van der Waals surface area (Å²) in [5.41, 5.74) is 0.502. The molecule has 1 rings (SSSR count).